The molecule has 0 unspecified atom stereocenters. The predicted octanol–water partition coefficient (Wildman–Crippen LogP) is 4.21. The number of benzene rings is 2. The fourth-order valence-corrected chi connectivity index (χ4v) is 4.18. The molecule has 1 aliphatic carbocycles. The Balaban J connectivity index is 1.53. The number of amides is 1. The second-order valence-corrected chi connectivity index (χ2v) is 8.10. The molecule has 3 aromatic rings. The second-order valence-electron chi connectivity index (χ2n) is 7.22. The Morgan fingerprint density at radius 1 is 1.10 bits per heavy atom. The van der Waals surface area contributed by atoms with Gasteiger partial charge in [0.15, 0.2) is 0 Å². The third-order valence-electron chi connectivity index (χ3n) is 5.29. The molecule has 29 heavy (non-hydrogen) atoms. The Morgan fingerprint density at radius 2 is 1.86 bits per heavy atom. The number of aromatic nitrogens is 2. The van der Waals surface area contributed by atoms with Gasteiger partial charge in [-0.1, -0.05) is 12.1 Å². The van der Waals surface area contributed by atoms with Crippen LogP contribution in [0.25, 0.3) is 0 Å². The van der Waals surface area contributed by atoms with Crippen LogP contribution in [0.3, 0.4) is 0 Å². The molecule has 1 aromatic heterocycles. The molecule has 1 heterocycles. The minimum Gasteiger partial charge on any atom is -0.322 e. The fourth-order valence-electron chi connectivity index (χ4n) is 3.77. The van der Waals surface area contributed by atoms with Gasteiger partial charge in [0.25, 0.3) is 11.5 Å². The molecule has 148 valence electrons. The van der Waals surface area contributed by atoms with E-state index < -0.39 is 0 Å². The molecule has 0 fully saturated rings. The lowest BCUT2D eigenvalue weighted by Gasteiger charge is -2.17. The first-order chi connectivity index (χ1) is 14.1. The molecule has 0 bridgehead atoms. The summed E-state index contributed by atoms with van der Waals surface area (Å²) in [6, 6.07) is 15.4. The zero-order valence-corrected chi connectivity index (χ0v) is 17.1. The Hall–Kier alpha value is -2.86. The summed E-state index contributed by atoms with van der Waals surface area (Å²) in [6.07, 6.45) is 6.47. The van der Waals surface area contributed by atoms with E-state index in [0.29, 0.717) is 12.0 Å². The number of thioether (sulfide) groups is 1. The zero-order valence-electron chi connectivity index (χ0n) is 16.3. The molecule has 2 N–H and O–H groups in total. The van der Waals surface area contributed by atoms with Crippen LogP contribution in [0.4, 0.5) is 5.69 Å². The van der Waals surface area contributed by atoms with Crippen molar-refractivity contribution in [1.29, 1.82) is 0 Å². The topological polar surface area (TPSA) is 74.8 Å². The highest BCUT2D eigenvalue weighted by atomic mass is 32.2. The number of rotatable bonds is 5. The number of carbonyl (C=O) groups excluding carboxylic acids is 1. The van der Waals surface area contributed by atoms with Crippen molar-refractivity contribution >= 4 is 23.4 Å². The molecule has 5 nitrogen and oxygen atoms in total. The van der Waals surface area contributed by atoms with Crippen LogP contribution in [0.15, 0.2) is 58.2 Å². The molecule has 0 atom stereocenters. The fraction of sp³-hybridized carbons (Fsp3) is 0.261. The summed E-state index contributed by atoms with van der Waals surface area (Å²) in [5.41, 5.74) is 5.19. The quantitative estimate of drug-likeness (QED) is 0.624. The Morgan fingerprint density at radius 3 is 2.62 bits per heavy atom. The summed E-state index contributed by atoms with van der Waals surface area (Å²) >= 11 is 1.67. The van der Waals surface area contributed by atoms with E-state index >= 15 is 0 Å². The average molecular weight is 406 g/mol. The van der Waals surface area contributed by atoms with Gasteiger partial charge in [0, 0.05) is 28.1 Å². The Bertz CT molecular complexity index is 1090. The van der Waals surface area contributed by atoms with E-state index in [0.717, 1.165) is 58.7 Å². The van der Waals surface area contributed by atoms with Gasteiger partial charge in [-0.05, 0) is 79.5 Å². The summed E-state index contributed by atoms with van der Waals surface area (Å²) in [4.78, 5) is 25.9. The molecule has 1 aliphatic rings. The summed E-state index contributed by atoms with van der Waals surface area (Å²) in [6.45, 7) is 0. The van der Waals surface area contributed by atoms with Crippen LogP contribution >= 0.6 is 11.8 Å². The van der Waals surface area contributed by atoms with Gasteiger partial charge < -0.3 is 5.32 Å². The minimum absolute atomic E-state index is 0.0657. The molecule has 4 rings (SSSR count). The van der Waals surface area contributed by atoms with Gasteiger partial charge in [-0.25, -0.2) is 5.10 Å². The molecular weight excluding hydrogens is 382 g/mol. The largest absolute Gasteiger partial charge is 0.322 e. The maximum atomic E-state index is 12.7. The van der Waals surface area contributed by atoms with Gasteiger partial charge in [0.1, 0.15) is 0 Å². The number of hydrogen-bond donors (Lipinski definition) is 2. The van der Waals surface area contributed by atoms with Gasteiger partial charge in [0.05, 0.1) is 5.69 Å². The maximum absolute atomic E-state index is 12.7. The van der Waals surface area contributed by atoms with Gasteiger partial charge >= 0.3 is 0 Å². The predicted molar refractivity (Wildman–Crippen MR) is 117 cm³/mol. The molecule has 0 saturated heterocycles. The molecule has 0 saturated carbocycles. The molecule has 0 radical (unpaired) electrons. The average Bonchev–Trinajstić information content (AvgIpc) is 2.77. The summed E-state index contributed by atoms with van der Waals surface area (Å²) in [7, 11) is 0. The molecule has 0 spiro atoms. The van der Waals surface area contributed by atoms with Gasteiger partial charge in [-0.2, -0.15) is 5.10 Å². The Kier molecular flexibility index (Phi) is 5.81. The zero-order chi connectivity index (χ0) is 20.2. The number of H-pyrrole nitrogens is 1. The van der Waals surface area contributed by atoms with Crippen molar-refractivity contribution < 1.29 is 4.79 Å². The third-order valence-corrected chi connectivity index (χ3v) is 6.03. The van der Waals surface area contributed by atoms with Crippen molar-refractivity contribution in [2.24, 2.45) is 0 Å². The number of nitrogens with one attached hydrogen (secondary N) is 2. The first-order valence-electron chi connectivity index (χ1n) is 9.77. The molecule has 0 aliphatic heterocycles. The lowest BCUT2D eigenvalue weighted by Crippen LogP contribution is -2.23. The number of carbonyl (C=O) groups is 1. The summed E-state index contributed by atoms with van der Waals surface area (Å²) < 4.78 is 0. The van der Waals surface area contributed by atoms with Crippen molar-refractivity contribution in [2.45, 2.75) is 37.0 Å². The first kappa shape index (κ1) is 19.5. The molecular formula is C23H23N3O2S. The number of hydrogen-bond acceptors (Lipinski definition) is 4. The molecule has 6 heteroatoms. The number of fused-ring (bicyclic) bond motifs is 1. The van der Waals surface area contributed by atoms with Crippen molar-refractivity contribution in [2.75, 3.05) is 11.6 Å². The van der Waals surface area contributed by atoms with Crippen molar-refractivity contribution in [3.8, 4) is 0 Å². The normalized spacial score (nSPS) is 13.0. The second kappa shape index (κ2) is 8.66. The summed E-state index contributed by atoms with van der Waals surface area (Å²) in [5, 5.41) is 9.89. The van der Waals surface area contributed by atoms with Crippen LogP contribution in [0.5, 0.6) is 0 Å². The van der Waals surface area contributed by atoms with Crippen LogP contribution in [-0.2, 0) is 19.3 Å². The highest BCUT2D eigenvalue weighted by Crippen LogP contribution is 2.23. The van der Waals surface area contributed by atoms with E-state index in [4.69, 9.17) is 0 Å². The number of anilines is 1. The monoisotopic (exact) mass is 405 g/mol. The number of aromatic amines is 1. The smallest absolute Gasteiger partial charge is 0.267 e. The van der Waals surface area contributed by atoms with Crippen LogP contribution < -0.4 is 10.9 Å². The highest BCUT2D eigenvalue weighted by molar-refractivity contribution is 7.98. The van der Waals surface area contributed by atoms with Gasteiger partial charge in [-0.3, -0.25) is 9.59 Å². The first-order valence-corrected chi connectivity index (χ1v) is 11.0. The van der Waals surface area contributed by atoms with E-state index in [1.165, 1.54) is 0 Å². The third kappa shape index (κ3) is 4.43. The van der Waals surface area contributed by atoms with Gasteiger partial charge in [-0.15, -0.1) is 11.8 Å². The lowest BCUT2D eigenvalue weighted by atomic mass is 9.90. The van der Waals surface area contributed by atoms with E-state index in [1.807, 2.05) is 54.8 Å². The van der Waals surface area contributed by atoms with Crippen LogP contribution in [0, 0.1) is 0 Å². The van der Waals surface area contributed by atoms with Crippen molar-refractivity contribution in [3.63, 3.8) is 0 Å². The molecule has 2 aromatic carbocycles. The van der Waals surface area contributed by atoms with E-state index in [2.05, 4.69) is 15.5 Å². The SMILES string of the molecule is CSc1ccc(NC(=O)c2cccc(Cc3n[nH]c(=O)c4c3CCCC4)c2)cc1. The van der Waals surface area contributed by atoms with E-state index in [1.54, 1.807) is 11.8 Å². The minimum atomic E-state index is -0.139. The van der Waals surface area contributed by atoms with E-state index in [-0.39, 0.29) is 11.5 Å². The van der Waals surface area contributed by atoms with Gasteiger partial charge in [0.2, 0.25) is 0 Å². The lowest BCUT2D eigenvalue weighted by molar-refractivity contribution is 0.102. The van der Waals surface area contributed by atoms with Crippen LogP contribution in [-0.4, -0.2) is 22.4 Å². The molecule has 1 amide bonds. The Labute approximate surface area is 173 Å². The van der Waals surface area contributed by atoms with E-state index in [9.17, 15) is 9.59 Å². The number of nitrogens with zero attached hydrogens (tertiary/aromatic N) is 1. The summed E-state index contributed by atoms with van der Waals surface area (Å²) in [5.74, 6) is -0.139. The maximum Gasteiger partial charge on any atom is 0.267 e. The van der Waals surface area contributed by atoms with Crippen molar-refractivity contribution in [1.82, 2.24) is 10.2 Å². The highest BCUT2D eigenvalue weighted by Gasteiger charge is 2.18. The standard InChI is InChI=1S/C23H23N3O2S/c1-29-18-11-9-17(10-12-18)24-22(27)16-6-4-5-15(13-16)14-21-19-7-2-3-8-20(19)23(28)26-25-21/h4-6,9-13H,2-3,7-8,14H2,1H3,(H,24,27)(H,26,28). The van der Waals surface area contributed by atoms with Crippen LogP contribution in [0.2, 0.25) is 0 Å². The van der Waals surface area contributed by atoms with Crippen molar-refractivity contribution in [3.05, 3.63) is 86.8 Å². The van der Waals surface area contributed by atoms with Crippen LogP contribution in [0.1, 0.15) is 45.6 Å².